The van der Waals surface area contributed by atoms with Gasteiger partial charge < -0.3 is 9.88 Å². The highest BCUT2D eigenvalue weighted by Gasteiger charge is 2.30. The van der Waals surface area contributed by atoms with Crippen LogP contribution in [-0.2, 0) is 18.5 Å². The van der Waals surface area contributed by atoms with Crippen LogP contribution in [0.2, 0.25) is 0 Å². The second kappa shape index (κ2) is 9.68. The van der Waals surface area contributed by atoms with Crippen molar-refractivity contribution in [1.29, 1.82) is 0 Å². The number of carbonyl (C=O) groups is 1. The summed E-state index contributed by atoms with van der Waals surface area (Å²) in [7, 11) is 0. The SMILES string of the molecule is CSc1nnc(CCCNC(=O)c2cc(C3CC3)nc3c2c(C)nn3C(C)(C)C)n1CC(C)C. The highest BCUT2D eigenvalue weighted by molar-refractivity contribution is 7.98. The van der Waals surface area contributed by atoms with Gasteiger partial charge >= 0.3 is 0 Å². The van der Waals surface area contributed by atoms with E-state index in [1.54, 1.807) is 11.8 Å². The molecule has 0 atom stereocenters. The summed E-state index contributed by atoms with van der Waals surface area (Å²) in [4.78, 5) is 18.3. The zero-order valence-corrected chi connectivity index (χ0v) is 22.3. The highest BCUT2D eigenvalue weighted by atomic mass is 32.2. The van der Waals surface area contributed by atoms with Crippen LogP contribution in [0.1, 0.15) is 87.4 Å². The van der Waals surface area contributed by atoms with Gasteiger partial charge in [0.15, 0.2) is 10.8 Å². The molecule has 1 amide bonds. The zero-order chi connectivity index (χ0) is 24.6. The summed E-state index contributed by atoms with van der Waals surface area (Å²) in [5, 5.41) is 18.4. The molecule has 1 aliphatic carbocycles. The van der Waals surface area contributed by atoms with Crippen molar-refractivity contribution in [3.8, 4) is 0 Å². The Balaban J connectivity index is 1.51. The summed E-state index contributed by atoms with van der Waals surface area (Å²) >= 11 is 1.62. The number of aromatic nitrogens is 6. The standard InChI is InChI=1S/C25H37N7OS/c1-15(2)14-31-20(28-29-24(31)34-7)9-8-12-26-23(33)18-13-19(17-10-11-17)27-22-21(18)16(3)30-32(22)25(4,5)6/h13,15,17H,8-12,14H2,1-7H3,(H,26,33). The van der Waals surface area contributed by atoms with Gasteiger partial charge in [0.05, 0.1) is 22.2 Å². The van der Waals surface area contributed by atoms with Gasteiger partial charge in [0.25, 0.3) is 5.91 Å². The first-order chi connectivity index (χ1) is 16.1. The Hall–Kier alpha value is -2.42. The largest absolute Gasteiger partial charge is 0.352 e. The molecule has 0 unspecified atom stereocenters. The monoisotopic (exact) mass is 483 g/mol. The fourth-order valence-corrected chi connectivity index (χ4v) is 4.81. The van der Waals surface area contributed by atoms with Crippen LogP contribution in [0, 0.1) is 12.8 Å². The van der Waals surface area contributed by atoms with Crippen LogP contribution in [0.3, 0.4) is 0 Å². The van der Waals surface area contributed by atoms with Gasteiger partial charge in [-0.2, -0.15) is 5.10 Å². The molecule has 34 heavy (non-hydrogen) atoms. The van der Waals surface area contributed by atoms with E-state index < -0.39 is 0 Å². The van der Waals surface area contributed by atoms with E-state index in [-0.39, 0.29) is 11.4 Å². The van der Waals surface area contributed by atoms with Crippen molar-refractivity contribution in [1.82, 2.24) is 34.8 Å². The van der Waals surface area contributed by atoms with Crippen LogP contribution in [-0.4, -0.2) is 48.2 Å². The minimum Gasteiger partial charge on any atom is -0.352 e. The number of thioether (sulfide) groups is 1. The Bertz CT molecular complexity index is 1180. The first-order valence-electron chi connectivity index (χ1n) is 12.2. The van der Waals surface area contributed by atoms with E-state index in [9.17, 15) is 4.79 Å². The van der Waals surface area contributed by atoms with Crippen molar-refractivity contribution < 1.29 is 4.79 Å². The smallest absolute Gasteiger partial charge is 0.252 e. The number of nitrogens with zero attached hydrogens (tertiary/aromatic N) is 6. The molecule has 0 radical (unpaired) electrons. The Morgan fingerprint density at radius 3 is 2.62 bits per heavy atom. The second-order valence-electron chi connectivity index (χ2n) is 10.7. The van der Waals surface area contributed by atoms with Gasteiger partial charge in [-0.3, -0.25) is 4.79 Å². The number of pyridine rings is 1. The lowest BCUT2D eigenvalue weighted by atomic mass is 10.1. The Morgan fingerprint density at radius 1 is 1.26 bits per heavy atom. The molecule has 0 bridgehead atoms. The molecule has 3 aromatic rings. The van der Waals surface area contributed by atoms with Crippen molar-refractivity contribution in [2.45, 2.75) is 90.4 Å². The van der Waals surface area contributed by atoms with E-state index in [0.717, 1.165) is 65.6 Å². The summed E-state index contributed by atoms with van der Waals surface area (Å²) in [5.74, 6) is 1.90. The molecule has 9 heteroatoms. The topological polar surface area (TPSA) is 90.5 Å². The zero-order valence-electron chi connectivity index (χ0n) is 21.5. The number of amides is 1. The van der Waals surface area contributed by atoms with E-state index in [0.29, 0.717) is 23.9 Å². The predicted molar refractivity (Wildman–Crippen MR) is 137 cm³/mol. The van der Waals surface area contributed by atoms with Crippen molar-refractivity contribution in [3.05, 3.63) is 28.8 Å². The van der Waals surface area contributed by atoms with Crippen LogP contribution in [0.5, 0.6) is 0 Å². The fourth-order valence-electron chi connectivity index (χ4n) is 4.29. The molecule has 3 aromatic heterocycles. The molecule has 1 fully saturated rings. The maximum absolute atomic E-state index is 13.3. The number of aryl methyl sites for hydroxylation is 2. The summed E-state index contributed by atoms with van der Waals surface area (Å²) in [5.41, 5.74) is 3.14. The maximum Gasteiger partial charge on any atom is 0.252 e. The number of rotatable bonds is 9. The molecule has 0 saturated heterocycles. The van der Waals surface area contributed by atoms with Crippen LogP contribution in [0.4, 0.5) is 0 Å². The third kappa shape index (κ3) is 5.14. The van der Waals surface area contributed by atoms with Gasteiger partial charge in [-0.15, -0.1) is 10.2 Å². The molecule has 0 aliphatic heterocycles. The minimum atomic E-state index is -0.211. The molecular formula is C25H37N7OS. The molecule has 1 aliphatic rings. The second-order valence-corrected chi connectivity index (χ2v) is 11.5. The lowest BCUT2D eigenvalue weighted by molar-refractivity contribution is 0.0954. The number of carbonyl (C=O) groups excluding carboxylic acids is 1. The minimum absolute atomic E-state index is 0.0562. The van der Waals surface area contributed by atoms with Gasteiger partial charge in [-0.25, -0.2) is 9.67 Å². The van der Waals surface area contributed by atoms with Crippen LogP contribution in [0.25, 0.3) is 11.0 Å². The Kier molecular flexibility index (Phi) is 7.03. The van der Waals surface area contributed by atoms with Gasteiger partial charge in [0.2, 0.25) is 0 Å². The number of fused-ring (bicyclic) bond motifs is 1. The van der Waals surface area contributed by atoms with E-state index in [2.05, 4.69) is 54.7 Å². The first kappa shape index (κ1) is 24.7. The quantitative estimate of drug-likeness (QED) is 0.350. The summed E-state index contributed by atoms with van der Waals surface area (Å²) in [6.07, 6.45) is 5.88. The van der Waals surface area contributed by atoms with Crippen LogP contribution < -0.4 is 5.32 Å². The molecule has 184 valence electrons. The summed E-state index contributed by atoms with van der Waals surface area (Å²) in [6.45, 7) is 14.2. The van der Waals surface area contributed by atoms with Crippen molar-refractivity contribution in [2.75, 3.05) is 12.8 Å². The predicted octanol–water partition coefficient (Wildman–Crippen LogP) is 4.70. The normalized spacial score (nSPS) is 14.4. The van der Waals surface area contributed by atoms with Crippen molar-refractivity contribution in [2.24, 2.45) is 5.92 Å². The number of hydrogen-bond acceptors (Lipinski definition) is 6. The molecule has 8 nitrogen and oxygen atoms in total. The van der Waals surface area contributed by atoms with Gasteiger partial charge in [-0.1, -0.05) is 25.6 Å². The van der Waals surface area contributed by atoms with Crippen molar-refractivity contribution in [3.63, 3.8) is 0 Å². The first-order valence-corrected chi connectivity index (χ1v) is 13.5. The molecule has 1 saturated carbocycles. The Morgan fingerprint density at radius 2 is 2.00 bits per heavy atom. The lowest BCUT2D eigenvalue weighted by Crippen LogP contribution is -2.26. The average molecular weight is 484 g/mol. The van der Waals surface area contributed by atoms with Crippen LogP contribution >= 0.6 is 11.8 Å². The maximum atomic E-state index is 13.3. The molecule has 0 aromatic carbocycles. The van der Waals surface area contributed by atoms with Crippen molar-refractivity contribution >= 4 is 28.7 Å². The molecule has 1 N–H and O–H groups in total. The van der Waals surface area contributed by atoms with Gasteiger partial charge in [0.1, 0.15) is 5.82 Å². The average Bonchev–Trinajstić information content (AvgIpc) is 3.47. The molecular weight excluding hydrogens is 446 g/mol. The summed E-state index contributed by atoms with van der Waals surface area (Å²) < 4.78 is 4.17. The molecule has 3 heterocycles. The van der Waals surface area contributed by atoms with Gasteiger partial charge in [0, 0.05) is 31.1 Å². The van der Waals surface area contributed by atoms with Gasteiger partial charge in [-0.05, 0) is 65.2 Å². The lowest BCUT2D eigenvalue weighted by Gasteiger charge is -2.20. The molecule has 4 rings (SSSR count). The van der Waals surface area contributed by atoms with E-state index in [1.165, 1.54) is 0 Å². The van der Waals surface area contributed by atoms with Crippen LogP contribution in [0.15, 0.2) is 11.2 Å². The van der Waals surface area contributed by atoms with E-state index >= 15 is 0 Å². The third-order valence-corrected chi connectivity index (χ3v) is 6.76. The fraction of sp³-hybridized carbons (Fsp3) is 0.640. The number of hydrogen-bond donors (Lipinski definition) is 1. The Labute approximate surface area is 206 Å². The summed E-state index contributed by atoms with van der Waals surface area (Å²) in [6, 6.07) is 1.99. The third-order valence-electron chi connectivity index (χ3n) is 6.09. The van der Waals surface area contributed by atoms with E-state index in [4.69, 9.17) is 10.1 Å². The molecule has 0 spiro atoms. The number of nitrogens with one attached hydrogen (secondary N) is 1. The highest BCUT2D eigenvalue weighted by Crippen LogP contribution is 2.41. The van der Waals surface area contributed by atoms with E-state index in [1.807, 2.05) is 23.9 Å².